The van der Waals surface area contributed by atoms with E-state index in [0.29, 0.717) is 17.2 Å². The van der Waals surface area contributed by atoms with E-state index in [-0.39, 0.29) is 5.82 Å². The van der Waals surface area contributed by atoms with E-state index in [4.69, 9.17) is 0 Å². The molecule has 118 valence electrons. The van der Waals surface area contributed by atoms with Crippen molar-refractivity contribution in [2.45, 2.75) is 0 Å². The fraction of sp³-hybridized carbons (Fsp3) is 0. The molecule has 4 rings (SSSR count). The molecule has 3 heterocycles. The molecule has 7 nitrogen and oxygen atoms in total. The summed E-state index contributed by atoms with van der Waals surface area (Å²) >= 11 is 2.18. The predicted molar refractivity (Wildman–Crippen MR) is 92.2 cm³/mol. The molecule has 0 atom stereocenters. The van der Waals surface area contributed by atoms with Crippen LogP contribution in [0.3, 0.4) is 0 Å². The first-order chi connectivity index (χ1) is 11.7. The Morgan fingerprint density at radius 3 is 2.50 bits per heavy atom. The average Bonchev–Trinajstić information content (AvgIpc) is 3.25. The highest BCUT2D eigenvalue weighted by atomic mass is 127. The van der Waals surface area contributed by atoms with Crippen LogP contribution in [0.5, 0.6) is 0 Å². The van der Waals surface area contributed by atoms with Gasteiger partial charge in [0.1, 0.15) is 29.9 Å². The summed E-state index contributed by atoms with van der Waals surface area (Å²) in [6.07, 6.45) is 8.02. The molecule has 0 fully saturated rings. The maximum Gasteiger partial charge on any atom is 0.183 e. The summed E-state index contributed by atoms with van der Waals surface area (Å²) in [5, 5.41) is 8.67. The first-order valence-corrected chi connectivity index (χ1v) is 7.98. The minimum absolute atomic E-state index is 0.289. The van der Waals surface area contributed by atoms with Crippen molar-refractivity contribution >= 4 is 22.6 Å². The molecule has 0 amide bonds. The van der Waals surface area contributed by atoms with Crippen molar-refractivity contribution in [3.63, 3.8) is 0 Å². The van der Waals surface area contributed by atoms with Gasteiger partial charge in [-0.25, -0.2) is 28.7 Å². The predicted octanol–water partition coefficient (Wildman–Crippen LogP) is 2.65. The lowest BCUT2D eigenvalue weighted by atomic mass is 10.3. The number of benzene rings is 1. The molecule has 0 aliphatic carbocycles. The van der Waals surface area contributed by atoms with Crippen molar-refractivity contribution in [2.24, 2.45) is 0 Å². The van der Waals surface area contributed by atoms with Crippen LogP contribution in [0.1, 0.15) is 0 Å². The summed E-state index contributed by atoms with van der Waals surface area (Å²) in [6.45, 7) is 0. The maximum atomic E-state index is 13.1. The second-order valence-corrected chi connectivity index (χ2v) is 5.98. The standard InChI is InChI=1S/C15H9FIN7/c16-10-1-3-11(4-2-10)23-7-12(17)13(22-23)14-15(20-6-5-19-14)24-9-18-8-21-24/h1-9H. The minimum atomic E-state index is -0.289. The first kappa shape index (κ1) is 14.9. The van der Waals surface area contributed by atoms with Crippen LogP contribution >= 0.6 is 22.6 Å². The number of aromatic nitrogens is 7. The molecule has 0 aliphatic heterocycles. The summed E-state index contributed by atoms with van der Waals surface area (Å²) in [5.74, 6) is 0.250. The lowest BCUT2D eigenvalue weighted by molar-refractivity contribution is 0.627. The zero-order valence-corrected chi connectivity index (χ0v) is 14.2. The van der Waals surface area contributed by atoms with E-state index in [2.05, 4.69) is 47.7 Å². The number of nitrogens with zero attached hydrogens (tertiary/aromatic N) is 7. The Morgan fingerprint density at radius 1 is 0.958 bits per heavy atom. The van der Waals surface area contributed by atoms with Gasteiger partial charge in [-0.2, -0.15) is 10.2 Å². The molecule has 0 aliphatic rings. The summed E-state index contributed by atoms with van der Waals surface area (Å²) in [6, 6.07) is 6.12. The van der Waals surface area contributed by atoms with E-state index in [1.807, 2.05) is 6.20 Å². The highest BCUT2D eigenvalue weighted by Crippen LogP contribution is 2.26. The molecule has 4 aromatic rings. The van der Waals surface area contributed by atoms with E-state index in [1.165, 1.54) is 23.1 Å². The molecular formula is C15H9FIN7. The fourth-order valence-corrected chi connectivity index (χ4v) is 2.85. The van der Waals surface area contributed by atoms with E-state index in [0.717, 1.165) is 9.26 Å². The lowest BCUT2D eigenvalue weighted by Crippen LogP contribution is -2.03. The highest BCUT2D eigenvalue weighted by Gasteiger charge is 2.17. The Kier molecular flexibility index (Phi) is 3.76. The summed E-state index contributed by atoms with van der Waals surface area (Å²) in [4.78, 5) is 12.7. The lowest BCUT2D eigenvalue weighted by Gasteiger charge is -2.05. The Bertz CT molecular complexity index is 979. The van der Waals surface area contributed by atoms with Crippen molar-refractivity contribution in [3.8, 4) is 22.9 Å². The van der Waals surface area contributed by atoms with Crippen LogP contribution in [0.15, 0.2) is 55.5 Å². The summed E-state index contributed by atoms with van der Waals surface area (Å²) in [5.41, 5.74) is 2.01. The number of halogens is 2. The van der Waals surface area contributed by atoms with Crippen LogP contribution < -0.4 is 0 Å². The van der Waals surface area contributed by atoms with Gasteiger partial charge in [0.25, 0.3) is 0 Å². The largest absolute Gasteiger partial charge is 0.249 e. The number of hydrogen-bond donors (Lipinski definition) is 0. The van der Waals surface area contributed by atoms with Gasteiger partial charge in [0.2, 0.25) is 0 Å². The molecule has 0 radical (unpaired) electrons. The van der Waals surface area contributed by atoms with Gasteiger partial charge in [0, 0.05) is 18.6 Å². The topological polar surface area (TPSA) is 74.3 Å². The third-order valence-electron chi connectivity index (χ3n) is 3.30. The minimum Gasteiger partial charge on any atom is -0.249 e. The Balaban J connectivity index is 1.83. The van der Waals surface area contributed by atoms with Crippen LogP contribution in [-0.2, 0) is 0 Å². The molecule has 0 saturated heterocycles. The van der Waals surface area contributed by atoms with Gasteiger partial charge in [-0.1, -0.05) is 0 Å². The first-order valence-electron chi connectivity index (χ1n) is 6.90. The molecule has 0 unspecified atom stereocenters. The highest BCUT2D eigenvalue weighted by molar-refractivity contribution is 14.1. The molecule has 0 spiro atoms. The van der Waals surface area contributed by atoms with Crippen molar-refractivity contribution in [2.75, 3.05) is 0 Å². The van der Waals surface area contributed by atoms with Gasteiger partial charge in [0.15, 0.2) is 5.82 Å². The normalized spacial score (nSPS) is 10.9. The van der Waals surface area contributed by atoms with Crippen LogP contribution in [0.2, 0.25) is 0 Å². The van der Waals surface area contributed by atoms with E-state index < -0.39 is 0 Å². The van der Waals surface area contributed by atoms with Crippen molar-refractivity contribution in [3.05, 3.63) is 64.9 Å². The molecule has 9 heteroatoms. The molecule has 3 aromatic heterocycles. The van der Waals surface area contributed by atoms with Crippen LogP contribution in [0, 0.1) is 9.39 Å². The van der Waals surface area contributed by atoms with Gasteiger partial charge in [-0.15, -0.1) is 0 Å². The molecule has 24 heavy (non-hydrogen) atoms. The van der Waals surface area contributed by atoms with Crippen molar-refractivity contribution in [1.82, 2.24) is 34.5 Å². The van der Waals surface area contributed by atoms with Crippen molar-refractivity contribution in [1.29, 1.82) is 0 Å². The van der Waals surface area contributed by atoms with Gasteiger partial charge < -0.3 is 0 Å². The SMILES string of the molecule is Fc1ccc(-n2cc(I)c(-c3nccnc3-n3cncn3)n2)cc1. The van der Waals surface area contributed by atoms with Gasteiger partial charge in [0.05, 0.1) is 9.26 Å². The van der Waals surface area contributed by atoms with Gasteiger partial charge in [-0.3, -0.25) is 0 Å². The third-order valence-corrected chi connectivity index (χ3v) is 4.09. The zero-order valence-electron chi connectivity index (χ0n) is 12.1. The van der Waals surface area contributed by atoms with E-state index in [9.17, 15) is 4.39 Å². The summed E-state index contributed by atoms with van der Waals surface area (Å²) < 4.78 is 17.2. The van der Waals surface area contributed by atoms with Gasteiger partial charge >= 0.3 is 0 Å². The Labute approximate surface area is 149 Å². The van der Waals surface area contributed by atoms with Crippen molar-refractivity contribution < 1.29 is 4.39 Å². The summed E-state index contributed by atoms with van der Waals surface area (Å²) in [7, 11) is 0. The third kappa shape index (κ3) is 2.66. The molecular weight excluding hydrogens is 424 g/mol. The van der Waals surface area contributed by atoms with E-state index >= 15 is 0 Å². The van der Waals surface area contributed by atoms with Gasteiger partial charge in [-0.05, 0) is 46.9 Å². The second kappa shape index (κ2) is 6.07. The zero-order chi connectivity index (χ0) is 16.5. The monoisotopic (exact) mass is 433 g/mol. The second-order valence-electron chi connectivity index (χ2n) is 4.82. The number of rotatable bonds is 3. The number of hydrogen-bond acceptors (Lipinski definition) is 5. The average molecular weight is 433 g/mol. The van der Waals surface area contributed by atoms with Crippen LogP contribution in [0.25, 0.3) is 22.9 Å². The quantitative estimate of drug-likeness (QED) is 0.465. The van der Waals surface area contributed by atoms with E-state index in [1.54, 1.807) is 35.5 Å². The Hall–Kier alpha value is -2.69. The fourth-order valence-electron chi connectivity index (χ4n) is 2.22. The molecule has 0 N–H and O–H groups in total. The molecule has 0 bridgehead atoms. The maximum absolute atomic E-state index is 13.1. The molecule has 1 aromatic carbocycles. The Morgan fingerprint density at radius 2 is 1.75 bits per heavy atom. The molecule has 0 saturated carbocycles. The van der Waals surface area contributed by atoms with Crippen LogP contribution in [-0.4, -0.2) is 34.5 Å². The smallest absolute Gasteiger partial charge is 0.183 e. The van der Waals surface area contributed by atoms with Crippen LogP contribution in [0.4, 0.5) is 4.39 Å².